The van der Waals surface area contributed by atoms with Gasteiger partial charge >= 0.3 is 0 Å². The molecule has 4 heteroatoms. The molecule has 2 spiro atoms. The highest BCUT2D eigenvalue weighted by molar-refractivity contribution is 6.02. The SMILES string of the molecule is CCCCCc1ccc2c(c1)C1(NC(=O)CC(CC(C)C)C1=O)C1(CCC(OC)CC1)C2. The Morgan fingerprint density at radius 1 is 1.16 bits per heavy atom. The number of fused-ring (bicyclic) bond motifs is 3. The van der Waals surface area contributed by atoms with Crippen LogP contribution in [0.1, 0.15) is 95.2 Å². The molecular weight excluding hydrogens is 398 g/mol. The minimum atomic E-state index is -0.864. The number of ketones is 1. The van der Waals surface area contributed by atoms with Gasteiger partial charge in [-0.1, -0.05) is 51.8 Å². The minimum absolute atomic E-state index is 0.0488. The van der Waals surface area contributed by atoms with Crippen LogP contribution in [0.25, 0.3) is 0 Å². The molecule has 1 saturated carbocycles. The van der Waals surface area contributed by atoms with Crippen molar-refractivity contribution in [3.8, 4) is 0 Å². The van der Waals surface area contributed by atoms with Crippen LogP contribution >= 0.6 is 0 Å². The Balaban J connectivity index is 1.79. The number of ether oxygens (including phenoxy) is 1. The van der Waals surface area contributed by atoms with Gasteiger partial charge in [0.1, 0.15) is 5.54 Å². The van der Waals surface area contributed by atoms with E-state index in [1.807, 2.05) is 0 Å². The summed E-state index contributed by atoms with van der Waals surface area (Å²) >= 11 is 0. The van der Waals surface area contributed by atoms with Crippen LogP contribution in [-0.2, 0) is 32.7 Å². The van der Waals surface area contributed by atoms with Crippen LogP contribution in [0.15, 0.2) is 18.2 Å². The van der Waals surface area contributed by atoms with E-state index in [4.69, 9.17) is 4.74 Å². The van der Waals surface area contributed by atoms with E-state index in [1.54, 1.807) is 7.11 Å². The molecule has 1 aromatic rings. The molecule has 2 unspecified atom stereocenters. The Labute approximate surface area is 193 Å². The molecule has 1 saturated heterocycles. The molecule has 1 N–H and O–H groups in total. The van der Waals surface area contributed by atoms with E-state index < -0.39 is 5.54 Å². The lowest BCUT2D eigenvalue weighted by molar-refractivity contribution is -0.151. The van der Waals surface area contributed by atoms with Gasteiger partial charge in [0.05, 0.1) is 6.10 Å². The number of hydrogen-bond acceptors (Lipinski definition) is 3. The van der Waals surface area contributed by atoms with E-state index in [-0.39, 0.29) is 29.1 Å². The van der Waals surface area contributed by atoms with Crippen LogP contribution in [0.4, 0.5) is 0 Å². The first-order valence-electron chi connectivity index (χ1n) is 12.9. The molecule has 3 aliphatic rings. The molecule has 2 fully saturated rings. The van der Waals surface area contributed by atoms with Crippen molar-refractivity contribution in [2.45, 2.75) is 103 Å². The van der Waals surface area contributed by atoms with Gasteiger partial charge < -0.3 is 10.1 Å². The van der Waals surface area contributed by atoms with Gasteiger partial charge in [0.15, 0.2) is 5.78 Å². The Kier molecular flexibility index (Phi) is 6.81. The smallest absolute Gasteiger partial charge is 0.221 e. The molecule has 4 rings (SSSR count). The highest BCUT2D eigenvalue weighted by atomic mass is 16.5. The zero-order chi connectivity index (χ0) is 22.9. The monoisotopic (exact) mass is 439 g/mol. The number of piperidine rings is 1. The van der Waals surface area contributed by atoms with Gasteiger partial charge in [-0.05, 0) is 74.0 Å². The second-order valence-electron chi connectivity index (χ2n) is 11.0. The van der Waals surface area contributed by atoms with E-state index in [2.05, 4.69) is 44.3 Å². The van der Waals surface area contributed by atoms with Crippen molar-refractivity contribution in [3.05, 3.63) is 34.9 Å². The van der Waals surface area contributed by atoms with E-state index in [9.17, 15) is 9.59 Å². The number of benzene rings is 1. The Bertz CT molecular complexity index is 852. The summed E-state index contributed by atoms with van der Waals surface area (Å²) in [6.07, 6.45) is 10.6. The first-order valence-corrected chi connectivity index (χ1v) is 12.9. The van der Waals surface area contributed by atoms with Crippen molar-refractivity contribution in [1.82, 2.24) is 5.32 Å². The molecule has 0 aromatic heterocycles. The molecule has 0 bridgehead atoms. The summed E-state index contributed by atoms with van der Waals surface area (Å²) in [6, 6.07) is 6.78. The number of aryl methyl sites for hydroxylation is 1. The fourth-order valence-electron chi connectivity index (χ4n) is 6.87. The van der Waals surface area contributed by atoms with Gasteiger partial charge in [0, 0.05) is 24.9 Å². The molecular formula is C28H41NO3. The first kappa shape index (κ1) is 23.5. The molecule has 1 aromatic carbocycles. The number of nitrogens with one attached hydrogen (secondary N) is 1. The van der Waals surface area contributed by atoms with Crippen LogP contribution in [0.2, 0.25) is 0 Å². The standard InChI is InChI=1S/C28H41NO3/c1-5-6-7-8-20-9-10-21-18-27(13-11-23(32-4)12-14-27)28(24(21)16-20)26(31)22(15-19(2)3)17-25(30)29-28/h9-10,16,19,22-23H,5-8,11-15,17-18H2,1-4H3,(H,29,30). The molecule has 4 nitrogen and oxygen atoms in total. The molecule has 32 heavy (non-hydrogen) atoms. The van der Waals surface area contributed by atoms with Crippen molar-refractivity contribution in [3.63, 3.8) is 0 Å². The third-order valence-corrected chi connectivity index (χ3v) is 8.45. The number of carbonyl (C=O) groups excluding carboxylic acids is 2. The number of amides is 1. The van der Waals surface area contributed by atoms with E-state index in [0.717, 1.165) is 50.5 Å². The number of methoxy groups -OCH3 is 1. The van der Waals surface area contributed by atoms with Gasteiger partial charge in [0.2, 0.25) is 5.91 Å². The summed E-state index contributed by atoms with van der Waals surface area (Å²) < 4.78 is 5.67. The zero-order valence-electron chi connectivity index (χ0n) is 20.5. The number of hydrogen-bond donors (Lipinski definition) is 1. The van der Waals surface area contributed by atoms with Crippen LogP contribution in [-0.4, -0.2) is 24.9 Å². The molecule has 0 radical (unpaired) electrons. The molecule has 1 amide bonds. The third kappa shape index (κ3) is 3.93. The van der Waals surface area contributed by atoms with Gasteiger partial charge in [0.25, 0.3) is 0 Å². The van der Waals surface area contributed by atoms with Crippen molar-refractivity contribution >= 4 is 11.7 Å². The van der Waals surface area contributed by atoms with Crippen LogP contribution in [0.3, 0.4) is 0 Å². The summed E-state index contributed by atoms with van der Waals surface area (Å²) in [5.41, 5.74) is 2.58. The van der Waals surface area contributed by atoms with Crippen molar-refractivity contribution < 1.29 is 14.3 Å². The van der Waals surface area contributed by atoms with Crippen LogP contribution in [0.5, 0.6) is 0 Å². The van der Waals surface area contributed by atoms with Crippen LogP contribution in [0, 0.1) is 17.3 Å². The topological polar surface area (TPSA) is 55.4 Å². The predicted molar refractivity (Wildman–Crippen MR) is 127 cm³/mol. The van der Waals surface area contributed by atoms with Crippen molar-refractivity contribution in [1.29, 1.82) is 0 Å². The summed E-state index contributed by atoms with van der Waals surface area (Å²) in [4.78, 5) is 27.5. The van der Waals surface area contributed by atoms with Crippen LogP contribution < -0.4 is 5.32 Å². The molecule has 2 aliphatic carbocycles. The van der Waals surface area contributed by atoms with Gasteiger partial charge in [-0.15, -0.1) is 0 Å². The maximum atomic E-state index is 14.3. The van der Waals surface area contributed by atoms with E-state index >= 15 is 0 Å². The lowest BCUT2D eigenvalue weighted by Gasteiger charge is -2.52. The summed E-state index contributed by atoms with van der Waals surface area (Å²) in [6.45, 7) is 6.53. The highest BCUT2D eigenvalue weighted by Crippen LogP contribution is 2.60. The first-order chi connectivity index (χ1) is 15.3. The number of Topliss-reactive ketones (excluding diaryl/α,β-unsaturated/α-hetero) is 1. The van der Waals surface area contributed by atoms with Crippen molar-refractivity contribution in [2.24, 2.45) is 17.3 Å². The number of rotatable bonds is 7. The Hall–Kier alpha value is -1.68. The summed E-state index contributed by atoms with van der Waals surface area (Å²) in [5, 5.41) is 3.36. The quantitative estimate of drug-likeness (QED) is 0.571. The maximum Gasteiger partial charge on any atom is 0.221 e. The minimum Gasteiger partial charge on any atom is -0.381 e. The van der Waals surface area contributed by atoms with E-state index in [1.165, 1.54) is 30.4 Å². The second kappa shape index (κ2) is 9.29. The third-order valence-electron chi connectivity index (χ3n) is 8.45. The van der Waals surface area contributed by atoms with E-state index in [0.29, 0.717) is 12.3 Å². The van der Waals surface area contributed by atoms with Crippen molar-refractivity contribution in [2.75, 3.05) is 7.11 Å². The molecule has 176 valence electrons. The number of carbonyl (C=O) groups is 2. The molecule has 1 heterocycles. The second-order valence-corrected chi connectivity index (χ2v) is 11.0. The molecule has 2 atom stereocenters. The fraction of sp³-hybridized carbons (Fsp3) is 0.714. The largest absolute Gasteiger partial charge is 0.381 e. The number of unbranched alkanes of at least 4 members (excludes halogenated alkanes) is 2. The normalized spacial score (nSPS) is 32.0. The zero-order valence-corrected chi connectivity index (χ0v) is 20.5. The predicted octanol–water partition coefficient (Wildman–Crippen LogP) is 5.50. The van der Waals surface area contributed by atoms with Gasteiger partial charge in [-0.2, -0.15) is 0 Å². The van der Waals surface area contributed by atoms with Gasteiger partial charge in [-0.3, -0.25) is 9.59 Å². The Morgan fingerprint density at radius 2 is 1.91 bits per heavy atom. The Morgan fingerprint density at radius 3 is 2.56 bits per heavy atom. The lowest BCUT2D eigenvalue weighted by Crippen LogP contribution is -2.66. The highest BCUT2D eigenvalue weighted by Gasteiger charge is 2.65. The summed E-state index contributed by atoms with van der Waals surface area (Å²) in [7, 11) is 1.79. The maximum absolute atomic E-state index is 14.3. The summed E-state index contributed by atoms with van der Waals surface area (Å²) in [5.74, 6) is 0.530. The van der Waals surface area contributed by atoms with Gasteiger partial charge in [-0.25, -0.2) is 0 Å². The fourth-order valence-corrected chi connectivity index (χ4v) is 6.87. The molecule has 1 aliphatic heterocycles. The average molecular weight is 440 g/mol. The lowest BCUT2D eigenvalue weighted by atomic mass is 9.56. The average Bonchev–Trinajstić information content (AvgIpc) is 3.01.